The van der Waals surface area contributed by atoms with E-state index in [0.717, 1.165) is 6.42 Å². The summed E-state index contributed by atoms with van der Waals surface area (Å²) < 4.78 is 1.87. The number of nitrogens with one attached hydrogen (secondary N) is 2. The van der Waals surface area contributed by atoms with Crippen LogP contribution in [0.4, 0.5) is 0 Å². The Bertz CT molecular complexity index is 1030. The Morgan fingerprint density at radius 3 is 2.88 bits per heavy atom. The largest absolute Gasteiger partial charge is 0.328 e. The highest BCUT2D eigenvalue weighted by atomic mass is 35.5. The van der Waals surface area contributed by atoms with Crippen molar-refractivity contribution in [2.75, 3.05) is 0 Å². The molecule has 0 unspecified atom stereocenters. The monoisotopic (exact) mass is 411 g/mol. The standard InChI is InChI=1S/C16H12Cl3N5S/c1-2-3-4-5-24-8-21-14(20)13-15(24)23-16(22-13)25-11-7-9(17)6-10(18)12(11)19/h1,6-8,20H,3-5H2,(H,22,23). The second-order valence-corrected chi connectivity index (χ2v) is 7.39. The summed E-state index contributed by atoms with van der Waals surface area (Å²) in [6, 6.07) is 3.30. The Balaban J connectivity index is 1.99. The second kappa shape index (κ2) is 7.71. The van der Waals surface area contributed by atoms with Gasteiger partial charge in [0.05, 0.1) is 16.4 Å². The molecule has 0 aliphatic heterocycles. The van der Waals surface area contributed by atoms with Crippen molar-refractivity contribution in [2.45, 2.75) is 29.4 Å². The number of nitrogens with zero attached hydrogens (tertiary/aromatic N) is 3. The van der Waals surface area contributed by atoms with Crippen LogP contribution in [0, 0.1) is 17.8 Å². The van der Waals surface area contributed by atoms with Crippen molar-refractivity contribution in [1.82, 2.24) is 19.5 Å². The Kier molecular flexibility index (Phi) is 5.60. The van der Waals surface area contributed by atoms with Crippen LogP contribution >= 0.6 is 46.6 Å². The molecule has 3 rings (SSSR count). The van der Waals surface area contributed by atoms with E-state index in [1.807, 2.05) is 4.57 Å². The van der Waals surface area contributed by atoms with Crippen LogP contribution in [-0.4, -0.2) is 19.5 Å². The predicted octanol–water partition coefficient (Wildman–Crippen LogP) is 4.76. The number of hydrogen-bond acceptors (Lipinski definition) is 4. The van der Waals surface area contributed by atoms with Crippen molar-refractivity contribution in [1.29, 1.82) is 5.41 Å². The maximum absolute atomic E-state index is 7.97. The van der Waals surface area contributed by atoms with Gasteiger partial charge in [-0.3, -0.25) is 5.41 Å². The first-order valence-corrected chi connectivity index (χ1v) is 9.20. The molecule has 2 heterocycles. The number of unbranched alkanes of at least 4 members (excludes halogenated alkanes) is 1. The van der Waals surface area contributed by atoms with Crippen molar-refractivity contribution in [3.05, 3.63) is 39.0 Å². The average molecular weight is 413 g/mol. The number of H-pyrrole nitrogens is 1. The lowest BCUT2D eigenvalue weighted by Crippen LogP contribution is -2.12. The molecule has 0 radical (unpaired) electrons. The first-order chi connectivity index (χ1) is 12.0. The minimum Gasteiger partial charge on any atom is -0.328 e. The van der Waals surface area contributed by atoms with Crippen LogP contribution in [0.3, 0.4) is 0 Å². The first-order valence-electron chi connectivity index (χ1n) is 7.25. The molecular formula is C16H12Cl3N5S. The van der Waals surface area contributed by atoms with Gasteiger partial charge in [0.15, 0.2) is 16.3 Å². The molecule has 5 nitrogen and oxygen atoms in total. The molecule has 0 bridgehead atoms. The van der Waals surface area contributed by atoms with E-state index in [-0.39, 0.29) is 5.49 Å². The average Bonchev–Trinajstić information content (AvgIpc) is 2.99. The Morgan fingerprint density at radius 2 is 2.12 bits per heavy atom. The van der Waals surface area contributed by atoms with Crippen LogP contribution in [0.2, 0.25) is 15.1 Å². The maximum atomic E-state index is 7.97. The van der Waals surface area contributed by atoms with Gasteiger partial charge >= 0.3 is 0 Å². The van der Waals surface area contributed by atoms with E-state index in [1.165, 1.54) is 11.8 Å². The topological polar surface area (TPSA) is 70.3 Å². The number of halogens is 3. The highest BCUT2D eigenvalue weighted by Gasteiger charge is 2.14. The SMILES string of the molecule is C#CCCCn1cnc(=N)c2[nH]c(Sc3cc(Cl)cc(Cl)c3Cl)nc21. The van der Waals surface area contributed by atoms with Gasteiger partial charge in [-0.1, -0.05) is 46.6 Å². The zero-order valence-corrected chi connectivity index (χ0v) is 15.9. The van der Waals surface area contributed by atoms with E-state index in [1.54, 1.807) is 18.5 Å². The summed E-state index contributed by atoms with van der Waals surface area (Å²) in [4.78, 5) is 12.4. The molecule has 25 heavy (non-hydrogen) atoms. The van der Waals surface area contributed by atoms with Gasteiger partial charge in [0.2, 0.25) is 0 Å². The van der Waals surface area contributed by atoms with E-state index in [0.29, 0.717) is 49.2 Å². The highest BCUT2D eigenvalue weighted by molar-refractivity contribution is 7.99. The molecule has 0 saturated heterocycles. The van der Waals surface area contributed by atoms with E-state index in [4.69, 9.17) is 46.6 Å². The number of aromatic nitrogens is 4. The summed E-state index contributed by atoms with van der Waals surface area (Å²) in [6.07, 6.45) is 8.36. The molecule has 128 valence electrons. The zero-order chi connectivity index (χ0) is 18.0. The quantitative estimate of drug-likeness (QED) is 0.360. The summed E-state index contributed by atoms with van der Waals surface area (Å²) >= 11 is 19.6. The fraction of sp³-hybridized carbons (Fsp3) is 0.188. The molecule has 0 fully saturated rings. The lowest BCUT2D eigenvalue weighted by atomic mass is 10.3. The van der Waals surface area contributed by atoms with Crippen LogP contribution in [-0.2, 0) is 6.54 Å². The van der Waals surface area contributed by atoms with Crippen LogP contribution < -0.4 is 5.49 Å². The summed E-state index contributed by atoms with van der Waals surface area (Å²) in [6.45, 7) is 0.673. The molecule has 2 N–H and O–H groups in total. The van der Waals surface area contributed by atoms with Gasteiger partial charge in [-0.05, 0) is 18.6 Å². The number of terminal acetylenes is 1. The number of aryl methyl sites for hydroxylation is 1. The third-order valence-electron chi connectivity index (χ3n) is 3.38. The number of imidazole rings is 1. The Labute approximate surface area is 163 Å². The van der Waals surface area contributed by atoms with Crippen molar-refractivity contribution < 1.29 is 0 Å². The van der Waals surface area contributed by atoms with Gasteiger partial charge in [-0.2, -0.15) is 0 Å². The first kappa shape index (κ1) is 18.2. The summed E-state index contributed by atoms with van der Waals surface area (Å²) in [5.41, 5.74) is 1.32. The van der Waals surface area contributed by atoms with Crippen molar-refractivity contribution in [3.63, 3.8) is 0 Å². The third kappa shape index (κ3) is 3.96. The number of benzene rings is 1. The maximum Gasteiger partial charge on any atom is 0.173 e. The van der Waals surface area contributed by atoms with Gasteiger partial charge < -0.3 is 9.55 Å². The molecule has 3 aromatic rings. The summed E-state index contributed by atoms with van der Waals surface area (Å²) in [7, 11) is 0. The fourth-order valence-corrected chi connectivity index (χ4v) is 3.95. The van der Waals surface area contributed by atoms with Crippen LogP contribution in [0.15, 0.2) is 28.5 Å². The number of fused-ring (bicyclic) bond motifs is 1. The minimum atomic E-state index is 0.123. The lowest BCUT2D eigenvalue weighted by Gasteiger charge is -2.05. The van der Waals surface area contributed by atoms with Crippen LogP contribution in [0.25, 0.3) is 11.2 Å². The molecule has 2 aromatic heterocycles. The van der Waals surface area contributed by atoms with E-state index < -0.39 is 0 Å². The van der Waals surface area contributed by atoms with Crippen molar-refractivity contribution in [3.8, 4) is 12.3 Å². The molecular weight excluding hydrogens is 401 g/mol. The lowest BCUT2D eigenvalue weighted by molar-refractivity contribution is 0.653. The van der Waals surface area contributed by atoms with Crippen LogP contribution in [0.5, 0.6) is 0 Å². The van der Waals surface area contributed by atoms with Crippen molar-refractivity contribution in [2.24, 2.45) is 0 Å². The Hall–Kier alpha value is -1.65. The van der Waals surface area contributed by atoms with Crippen LogP contribution in [0.1, 0.15) is 12.8 Å². The van der Waals surface area contributed by atoms with Gasteiger partial charge in [-0.25, -0.2) is 9.97 Å². The molecule has 0 aliphatic rings. The van der Waals surface area contributed by atoms with Crippen molar-refractivity contribution >= 4 is 57.7 Å². The summed E-state index contributed by atoms with van der Waals surface area (Å²) in [5.74, 6) is 2.61. The molecule has 0 spiro atoms. The highest BCUT2D eigenvalue weighted by Crippen LogP contribution is 2.38. The third-order valence-corrected chi connectivity index (χ3v) is 5.45. The van der Waals surface area contributed by atoms with E-state index in [9.17, 15) is 0 Å². The molecule has 0 aliphatic carbocycles. The molecule has 0 atom stereocenters. The Morgan fingerprint density at radius 1 is 1.32 bits per heavy atom. The molecule has 1 aromatic carbocycles. The number of hydrogen-bond donors (Lipinski definition) is 2. The van der Waals surface area contributed by atoms with E-state index >= 15 is 0 Å². The number of aromatic amines is 1. The molecule has 0 amide bonds. The van der Waals surface area contributed by atoms with Gasteiger partial charge in [0, 0.05) is 22.9 Å². The second-order valence-electron chi connectivity index (χ2n) is 5.14. The van der Waals surface area contributed by atoms with E-state index in [2.05, 4.69) is 20.9 Å². The molecule has 0 saturated carbocycles. The zero-order valence-electron chi connectivity index (χ0n) is 12.8. The predicted molar refractivity (Wildman–Crippen MR) is 101 cm³/mol. The van der Waals surface area contributed by atoms with Gasteiger partial charge in [0.1, 0.15) is 5.52 Å². The fourth-order valence-electron chi connectivity index (χ4n) is 2.24. The summed E-state index contributed by atoms with van der Waals surface area (Å²) in [5, 5.41) is 9.81. The molecule has 9 heteroatoms. The number of rotatable bonds is 5. The van der Waals surface area contributed by atoms with Gasteiger partial charge in [0.25, 0.3) is 0 Å². The smallest absolute Gasteiger partial charge is 0.173 e. The van der Waals surface area contributed by atoms with Gasteiger partial charge in [-0.15, -0.1) is 12.3 Å². The normalized spacial score (nSPS) is 11.0. The minimum absolute atomic E-state index is 0.123.